The summed E-state index contributed by atoms with van der Waals surface area (Å²) in [7, 11) is 2.21. The highest BCUT2D eigenvalue weighted by molar-refractivity contribution is 5.81. The summed E-state index contributed by atoms with van der Waals surface area (Å²) in [4.78, 5) is 14.5. The molecule has 0 aromatic rings. The Morgan fingerprint density at radius 2 is 1.76 bits per heavy atom. The Labute approximate surface area is 129 Å². The van der Waals surface area contributed by atoms with Gasteiger partial charge in [0.25, 0.3) is 0 Å². The van der Waals surface area contributed by atoms with Crippen LogP contribution in [0.5, 0.6) is 0 Å². The van der Waals surface area contributed by atoms with Gasteiger partial charge in [0.1, 0.15) is 5.54 Å². The summed E-state index contributed by atoms with van der Waals surface area (Å²) in [5.74, 6) is -0.217. The summed E-state index contributed by atoms with van der Waals surface area (Å²) in [6, 6.07) is 1.07. The van der Waals surface area contributed by atoms with E-state index in [9.17, 15) is 4.79 Å². The lowest BCUT2D eigenvalue weighted by Gasteiger charge is -2.41. The lowest BCUT2D eigenvalue weighted by atomic mass is 9.75. The van der Waals surface area contributed by atoms with Crippen molar-refractivity contribution in [2.24, 2.45) is 11.1 Å². The molecule has 2 N–H and O–H groups in total. The predicted octanol–water partition coefficient (Wildman–Crippen LogP) is 2.70. The Balaban J connectivity index is 1.90. The first-order chi connectivity index (χ1) is 9.77. The van der Waals surface area contributed by atoms with Crippen LogP contribution < -0.4 is 5.73 Å². The zero-order chi connectivity index (χ0) is 15.7. The molecule has 2 aliphatic carbocycles. The Hall–Kier alpha value is -0.610. The molecule has 4 nitrogen and oxygen atoms in total. The molecule has 0 radical (unpaired) electrons. The summed E-state index contributed by atoms with van der Waals surface area (Å²) in [6.07, 6.45) is 7.60. The summed E-state index contributed by atoms with van der Waals surface area (Å²) < 4.78 is 5.15. The number of rotatable bonds is 4. The third-order valence-corrected chi connectivity index (χ3v) is 5.67. The molecule has 2 rings (SSSR count). The van der Waals surface area contributed by atoms with Gasteiger partial charge in [0.2, 0.25) is 0 Å². The van der Waals surface area contributed by atoms with E-state index in [0.717, 1.165) is 19.3 Å². The maximum Gasteiger partial charge on any atom is 0.326 e. The van der Waals surface area contributed by atoms with E-state index in [0.29, 0.717) is 24.1 Å². The fraction of sp³-hybridized carbons (Fsp3) is 0.941. The summed E-state index contributed by atoms with van der Waals surface area (Å²) in [6.45, 7) is 6.98. The molecule has 0 aromatic carbocycles. The predicted molar refractivity (Wildman–Crippen MR) is 85.0 cm³/mol. The van der Waals surface area contributed by atoms with E-state index < -0.39 is 5.54 Å². The van der Waals surface area contributed by atoms with Crippen molar-refractivity contribution in [3.8, 4) is 0 Å². The minimum atomic E-state index is -0.761. The maximum absolute atomic E-state index is 12.0. The minimum absolute atomic E-state index is 0.217. The minimum Gasteiger partial charge on any atom is -0.465 e. The molecule has 0 spiro atoms. The van der Waals surface area contributed by atoms with Crippen molar-refractivity contribution in [3.05, 3.63) is 0 Å². The van der Waals surface area contributed by atoms with Gasteiger partial charge in [-0.25, -0.2) is 0 Å². The third-order valence-electron chi connectivity index (χ3n) is 5.67. The molecule has 0 saturated heterocycles. The van der Waals surface area contributed by atoms with E-state index in [-0.39, 0.29) is 5.97 Å². The molecule has 0 heterocycles. The summed E-state index contributed by atoms with van der Waals surface area (Å²) in [5, 5.41) is 0. The molecule has 2 unspecified atom stereocenters. The van der Waals surface area contributed by atoms with Gasteiger partial charge in [-0.3, -0.25) is 4.79 Å². The highest BCUT2D eigenvalue weighted by Gasteiger charge is 2.45. The zero-order valence-corrected chi connectivity index (χ0v) is 14.2. The largest absolute Gasteiger partial charge is 0.465 e. The average Bonchev–Trinajstić information content (AvgIpc) is 2.82. The van der Waals surface area contributed by atoms with Gasteiger partial charge in [-0.1, -0.05) is 13.8 Å². The highest BCUT2D eigenvalue weighted by Crippen LogP contribution is 2.39. The van der Waals surface area contributed by atoms with E-state index in [1.807, 2.05) is 6.92 Å². The monoisotopic (exact) mass is 296 g/mol. The van der Waals surface area contributed by atoms with Gasteiger partial charge in [0, 0.05) is 12.1 Å². The fourth-order valence-corrected chi connectivity index (χ4v) is 3.95. The number of nitrogens with zero attached hydrogens (tertiary/aromatic N) is 1. The van der Waals surface area contributed by atoms with Crippen LogP contribution in [0, 0.1) is 5.41 Å². The number of ether oxygens (including phenoxy) is 1. The number of carbonyl (C=O) groups excluding carboxylic acids is 1. The van der Waals surface area contributed by atoms with Crippen LogP contribution in [0.1, 0.15) is 65.7 Å². The Bertz CT molecular complexity index is 373. The number of esters is 1. The van der Waals surface area contributed by atoms with E-state index in [2.05, 4.69) is 25.8 Å². The molecule has 2 saturated carbocycles. The fourth-order valence-electron chi connectivity index (χ4n) is 3.95. The number of carbonyl (C=O) groups is 1. The molecule has 0 aromatic heterocycles. The van der Waals surface area contributed by atoms with Gasteiger partial charge in [-0.05, 0) is 64.3 Å². The van der Waals surface area contributed by atoms with Gasteiger partial charge < -0.3 is 15.4 Å². The molecular formula is C17H32N2O2. The topological polar surface area (TPSA) is 55.6 Å². The second-order valence-corrected chi connectivity index (χ2v) is 7.83. The molecule has 0 bridgehead atoms. The molecule has 4 heteroatoms. The molecule has 21 heavy (non-hydrogen) atoms. The first-order valence-corrected chi connectivity index (χ1v) is 8.45. The van der Waals surface area contributed by atoms with Crippen molar-refractivity contribution in [1.29, 1.82) is 0 Å². The highest BCUT2D eigenvalue weighted by atomic mass is 16.5. The molecule has 2 atom stereocenters. The van der Waals surface area contributed by atoms with Crippen LogP contribution in [0.2, 0.25) is 0 Å². The van der Waals surface area contributed by atoms with Crippen molar-refractivity contribution in [1.82, 2.24) is 4.90 Å². The number of nitrogens with two attached hydrogens (primary N) is 1. The van der Waals surface area contributed by atoms with Crippen LogP contribution in [0.25, 0.3) is 0 Å². The molecular weight excluding hydrogens is 264 g/mol. The van der Waals surface area contributed by atoms with Crippen molar-refractivity contribution >= 4 is 5.97 Å². The molecule has 122 valence electrons. The maximum atomic E-state index is 12.0. The molecule has 2 fully saturated rings. The van der Waals surface area contributed by atoms with Gasteiger partial charge in [-0.15, -0.1) is 0 Å². The normalized spacial score (nSPS) is 33.3. The second-order valence-electron chi connectivity index (χ2n) is 7.83. The standard InChI is InChI=1S/C17H32N2O2/c1-5-21-15(20)17(18)11-8-14(12-17)19(4)13-6-9-16(2,3)10-7-13/h13-14H,5-12,18H2,1-4H3. The van der Waals surface area contributed by atoms with E-state index >= 15 is 0 Å². The van der Waals surface area contributed by atoms with Gasteiger partial charge >= 0.3 is 5.97 Å². The second kappa shape index (κ2) is 6.25. The van der Waals surface area contributed by atoms with Crippen LogP contribution in [0.3, 0.4) is 0 Å². The zero-order valence-electron chi connectivity index (χ0n) is 14.2. The SMILES string of the molecule is CCOC(=O)C1(N)CCC(N(C)C2CCC(C)(C)CC2)C1. The van der Waals surface area contributed by atoms with Crippen LogP contribution in [0.4, 0.5) is 0 Å². The Morgan fingerprint density at radius 1 is 1.19 bits per heavy atom. The summed E-state index contributed by atoms with van der Waals surface area (Å²) in [5.41, 5.74) is 6.02. The lowest BCUT2D eigenvalue weighted by Crippen LogP contribution is -2.49. The van der Waals surface area contributed by atoms with Crippen molar-refractivity contribution in [3.63, 3.8) is 0 Å². The number of hydrogen-bond acceptors (Lipinski definition) is 4. The molecule has 0 amide bonds. The quantitative estimate of drug-likeness (QED) is 0.810. The molecule has 2 aliphatic rings. The van der Waals surface area contributed by atoms with Gasteiger partial charge in [0.05, 0.1) is 6.61 Å². The lowest BCUT2D eigenvalue weighted by molar-refractivity contribution is -0.149. The Morgan fingerprint density at radius 3 is 2.33 bits per heavy atom. The van der Waals surface area contributed by atoms with Crippen molar-refractivity contribution < 1.29 is 9.53 Å². The Kier molecular flexibility index (Phi) is 4.99. The van der Waals surface area contributed by atoms with Crippen LogP contribution in [0.15, 0.2) is 0 Å². The smallest absolute Gasteiger partial charge is 0.326 e. The summed E-state index contributed by atoms with van der Waals surface area (Å²) >= 11 is 0. The van der Waals surface area contributed by atoms with Crippen molar-refractivity contribution in [2.75, 3.05) is 13.7 Å². The van der Waals surface area contributed by atoms with E-state index in [4.69, 9.17) is 10.5 Å². The first kappa shape index (κ1) is 16.8. The van der Waals surface area contributed by atoms with Gasteiger partial charge in [0.15, 0.2) is 0 Å². The average molecular weight is 296 g/mol. The van der Waals surface area contributed by atoms with Crippen molar-refractivity contribution in [2.45, 2.75) is 83.3 Å². The first-order valence-electron chi connectivity index (χ1n) is 8.45. The molecule has 0 aliphatic heterocycles. The van der Waals surface area contributed by atoms with Crippen LogP contribution in [-0.4, -0.2) is 42.1 Å². The number of hydrogen-bond donors (Lipinski definition) is 1. The van der Waals surface area contributed by atoms with Gasteiger partial charge in [-0.2, -0.15) is 0 Å². The van der Waals surface area contributed by atoms with Crippen LogP contribution in [-0.2, 0) is 9.53 Å². The van der Waals surface area contributed by atoms with E-state index in [1.54, 1.807) is 0 Å². The van der Waals surface area contributed by atoms with E-state index in [1.165, 1.54) is 25.7 Å². The van der Waals surface area contributed by atoms with Crippen LogP contribution >= 0.6 is 0 Å². The third kappa shape index (κ3) is 3.78.